The van der Waals surface area contributed by atoms with E-state index in [0.29, 0.717) is 17.7 Å². The second-order valence-corrected chi connectivity index (χ2v) is 3.43. The first-order chi connectivity index (χ1) is 8.26. The highest BCUT2D eigenvalue weighted by Gasteiger charge is 1.95. The number of carbonyl (C=O) groups excluding carboxylic acids is 1. The highest BCUT2D eigenvalue weighted by Crippen LogP contribution is 2.01. The van der Waals surface area contributed by atoms with Gasteiger partial charge in [-0.3, -0.25) is 0 Å². The van der Waals surface area contributed by atoms with Crippen LogP contribution < -0.4 is 0 Å². The van der Waals surface area contributed by atoms with Gasteiger partial charge in [0.15, 0.2) is 0 Å². The van der Waals surface area contributed by atoms with Gasteiger partial charge in [0.1, 0.15) is 0 Å². The lowest BCUT2D eigenvalue weighted by Crippen LogP contribution is -2.02. The van der Waals surface area contributed by atoms with E-state index in [1.807, 2.05) is 13.0 Å². The van der Waals surface area contributed by atoms with Gasteiger partial charge < -0.3 is 4.74 Å². The fraction of sp³-hybridized carbons (Fsp3) is 0.286. The van der Waals surface area contributed by atoms with Crippen molar-refractivity contribution in [3.63, 3.8) is 0 Å². The molecule has 0 heterocycles. The smallest absolute Gasteiger partial charge is 0.384 e. The van der Waals surface area contributed by atoms with Crippen LogP contribution in [0, 0.1) is 23.2 Å². The van der Waals surface area contributed by atoms with E-state index in [0.717, 1.165) is 12.8 Å². The minimum atomic E-state index is -0.511. The van der Waals surface area contributed by atoms with Gasteiger partial charge in [0, 0.05) is 11.5 Å². The van der Waals surface area contributed by atoms with Crippen molar-refractivity contribution in [3.8, 4) is 17.9 Å². The third-order valence-corrected chi connectivity index (χ3v) is 2.05. The Morgan fingerprint density at radius 1 is 1.29 bits per heavy atom. The monoisotopic (exact) mass is 227 g/mol. The van der Waals surface area contributed by atoms with E-state index in [9.17, 15) is 4.79 Å². The van der Waals surface area contributed by atoms with Gasteiger partial charge in [0.25, 0.3) is 0 Å². The molecule has 0 aromatic heterocycles. The lowest BCUT2D eigenvalue weighted by Gasteiger charge is -1.96. The third kappa shape index (κ3) is 4.86. The maximum absolute atomic E-state index is 11.2. The van der Waals surface area contributed by atoms with E-state index in [2.05, 4.69) is 11.8 Å². The number of unbranched alkanes of at least 4 members (excludes halogenated alkanes) is 1. The first kappa shape index (κ1) is 12.8. The van der Waals surface area contributed by atoms with Gasteiger partial charge >= 0.3 is 5.97 Å². The summed E-state index contributed by atoms with van der Waals surface area (Å²) in [5.74, 6) is 4.58. The molecule has 3 heteroatoms. The van der Waals surface area contributed by atoms with E-state index in [1.165, 1.54) is 0 Å². The Hall–Kier alpha value is -2.26. The topological polar surface area (TPSA) is 50.1 Å². The average molecular weight is 227 g/mol. The van der Waals surface area contributed by atoms with Crippen LogP contribution in [0.3, 0.4) is 0 Å². The van der Waals surface area contributed by atoms with Crippen LogP contribution in [0.5, 0.6) is 0 Å². The molecule has 1 aromatic carbocycles. The van der Waals surface area contributed by atoms with Crippen molar-refractivity contribution in [1.29, 1.82) is 5.26 Å². The molecule has 0 N–H and O–H groups in total. The minimum Gasteiger partial charge on any atom is -0.456 e. The van der Waals surface area contributed by atoms with E-state index in [1.54, 1.807) is 24.3 Å². The molecule has 0 radical (unpaired) electrons. The number of hydrogen-bond acceptors (Lipinski definition) is 3. The van der Waals surface area contributed by atoms with Gasteiger partial charge in [0.05, 0.1) is 18.2 Å². The molecule has 0 bridgehead atoms. The molecule has 0 aliphatic carbocycles. The number of nitrogens with zero attached hydrogens (tertiary/aromatic N) is 1. The quantitative estimate of drug-likeness (QED) is 0.452. The summed E-state index contributed by atoms with van der Waals surface area (Å²) in [6.45, 7) is 2.44. The van der Waals surface area contributed by atoms with Crippen molar-refractivity contribution in [2.75, 3.05) is 6.61 Å². The number of ether oxygens (including phenoxy) is 1. The fourth-order valence-corrected chi connectivity index (χ4v) is 1.10. The van der Waals surface area contributed by atoms with Crippen molar-refractivity contribution in [2.24, 2.45) is 0 Å². The molecule has 0 fully saturated rings. The molecule has 1 rings (SSSR count). The lowest BCUT2D eigenvalue weighted by molar-refractivity contribution is -0.136. The fourth-order valence-electron chi connectivity index (χ4n) is 1.10. The van der Waals surface area contributed by atoms with E-state index in [4.69, 9.17) is 10.00 Å². The molecule has 0 amide bonds. The Balaban J connectivity index is 2.53. The summed E-state index contributed by atoms with van der Waals surface area (Å²) in [5, 5.41) is 8.61. The Kier molecular flexibility index (Phi) is 5.34. The Bertz CT molecular complexity index is 472. The highest BCUT2D eigenvalue weighted by molar-refractivity contribution is 5.89. The summed E-state index contributed by atoms with van der Waals surface area (Å²) in [6, 6.07) is 8.73. The van der Waals surface area contributed by atoms with Gasteiger partial charge in [0.2, 0.25) is 0 Å². The summed E-state index contributed by atoms with van der Waals surface area (Å²) in [4.78, 5) is 11.2. The maximum atomic E-state index is 11.2. The number of benzene rings is 1. The largest absolute Gasteiger partial charge is 0.456 e. The zero-order chi connectivity index (χ0) is 12.5. The maximum Gasteiger partial charge on any atom is 0.384 e. The van der Waals surface area contributed by atoms with Crippen molar-refractivity contribution in [2.45, 2.75) is 19.8 Å². The van der Waals surface area contributed by atoms with E-state index < -0.39 is 5.97 Å². The van der Waals surface area contributed by atoms with Crippen molar-refractivity contribution in [3.05, 3.63) is 35.4 Å². The third-order valence-electron chi connectivity index (χ3n) is 2.05. The summed E-state index contributed by atoms with van der Waals surface area (Å²) in [7, 11) is 0. The van der Waals surface area contributed by atoms with Gasteiger partial charge in [-0.25, -0.2) is 4.79 Å². The molecule has 3 nitrogen and oxygen atoms in total. The number of rotatable bonds is 3. The molecule has 1 aromatic rings. The predicted octanol–water partition coefficient (Wildman–Crippen LogP) is 2.25. The Morgan fingerprint density at radius 3 is 2.53 bits per heavy atom. The highest BCUT2D eigenvalue weighted by atomic mass is 16.5. The van der Waals surface area contributed by atoms with Crippen molar-refractivity contribution < 1.29 is 9.53 Å². The van der Waals surface area contributed by atoms with Gasteiger partial charge in [-0.2, -0.15) is 5.26 Å². The second kappa shape index (κ2) is 7.09. The molecule has 0 aliphatic heterocycles. The first-order valence-electron chi connectivity index (χ1n) is 5.45. The number of nitriles is 1. The Labute approximate surface area is 101 Å². The van der Waals surface area contributed by atoms with Gasteiger partial charge in [-0.15, -0.1) is 0 Å². The molecule has 0 spiro atoms. The Morgan fingerprint density at radius 2 is 1.94 bits per heavy atom. The molecule has 0 atom stereocenters. The molecular weight excluding hydrogens is 214 g/mol. The number of esters is 1. The molecule has 0 saturated carbocycles. The minimum absolute atomic E-state index is 0.414. The summed E-state index contributed by atoms with van der Waals surface area (Å²) < 4.78 is 4.88. The van der Waals surface area contributed by atoms with Crippen LogP contribution in [-0.2, 0) is 9.53 Å². The average Bonchev–Trinajstić information content (AvgIpc) is 2.37. The normalized spacial score (nSPS) is 8.71. The van der Waals surface area contributed by atoms with Crippen LogP contribution in [0.2, 0.25) is 0 Å². The zero-order valence-electron chi connectivity index (χ0n) is 9.69. The van der Waals surface area contributed by atoms with Crippen LogP contribution in [-0.4, -0.2) is 12.6 Å². The van der Waals surface area contributed by atoms with Crippen LogP contribution in [0.1, 0.15) is 30.9 Å². The van der Waals surface area contributed by atoms with Gasteiger partial charge in [-0.05, 0) is 30.7 Å². The predicted molar refractivity (Wildman–Crippen MR) is 63.9 cm³/mol. The molecule has 0 aliphatic rings. The van der Waals surface area contributed by atoms with Crippen molar-refractivity contribution in [1.82, 2.24) is 0 Å². The standard InChI is InChI=1S/C14H13NO2/c1-2-3-10-17-14(16)9-8-12-4-6-13(11-15)7-5-12/h4-7H,2-3,10H2,1H3. The van der Waals surface area contributed by atoms with E-state index in [-0.39, 0.29) is 0 Å². The van der Waals surface area contributed by atoms with E-state index >= 15 is 0 Å². The summed E-state index contributed by atoms with van der Waals surface area (Å²) >= 11 is 0. The zero-order valence-corrected chi connectivity index (χ0v) is 9.69. The van der Waals surface area contributed by atoms with Crippen LogP contribution >= 0.6 is 0 Å². The summed E-state index contributed by atoms with van der Waals surface area (Å²) in [5.41, 5.74) is 1.26. The van der Waals surface area contributed by atoms with Crippen molar-refractivity contribution >= 4 is 5.97 Å². The van der Waals surface area contributed by atoms with Crippen LogP contribution in [0.25, 0.3) is 0 Å². The first-order valence-corrected chi connectivity index (χ1v) is 5.45. The van der Waals surface area contributed by atoms with Gasteiger partial charge in [-0.1, -0.05) is 19.3 Å². The molecule has 0 saturated heterocycles. The molecule has 17 heavy (non-hydrogen) atoms. The molecule has 86 valence electrons. The number of carbonyl (C=O) groups is 1. The second-order valence-electron chi connectivity index (χ2n) is 3.43. The molecular formula is C14H13NO2. The SMILES string of the molecule is CCCCOC(=O)C#Cc1ccc(C#N)cc1. The molecule has 0 unspecified atom stereocenters. The van der Waals surface area contributed by atoms with Crippen LogP contribution in [0.4, 0.5) is 0 Å². The van der Waals surface area contributed by atoms with Crippen LogP contribution in [0.15, 0.2) is 24.3 Å². The summed E-state index contributed by atoms with van der Waals surface area (Å²) in [6.07, 6.45) is 1.83. The lowest BCUT2D eigenvalue weighted by atomic mass is 10.1. The number of hydrogen-bond donors (Lipinski definition) is 0.